The molecule has 2 rings (SSSR count). The molecule has 0 aliphatic heterocycles. The fourth-order valence-electron chi connectivity index (χ4n) is 2.00. The van der Waals surface area contributed by atoms with Crippen molar-refractivity contribution in [1.29, 1.82) is 0 Å². The van der Waals surface area contributed by atoms with Crippen LogP contribution in [0.2, 0.25) is 0 Å². The van der Waals surface area contributed by atoms with Gasteiger partial charge < -0.3 is 26.0 Å². The van der Waals surface area contributed by atoms with Crippen LogP contribution >= 0.6 is 0 Å². The van der Waals surface area contributed by atoms with Crippen LogP contribution in [-0.2, 0) is 11.3 Å². The number of hydrogen-bond donors (Lipinski definition) is 4. The van der Waals surface area contributed by atoms with Crippen molar-refractivity contribution in [3.63, 3.8) is 0 Å². The van der Waals surface area contributed by atoms with E-state index >= 15 is 0 Å². The maximum atomic E-state index is 11.6. The average molecular weight is 332 g/mol. The fraction of sp³-hybridized carbons (Fsp3) is 0.312. The first-order chi connectivity index (χ1) is 11.6. The molecule has 0 aliphatic carbocycles. The zero-order valence-corrected chi connectivity index (χ0v) is 13.0. The lowest BCUT2D eigenvalue weighted by Crippen LogP contribution is -2.30. The second kappa shape index (κ2) is 8.80. The third-order valence-corrected chi connectivity index (χ3v) is 3.29. The number of rotatable bonds is 7. The smallest absolute Gasteiger partial charge is 0.407 e. The van der Waals surface area contributed by atoms with Gasteiger partial charge in [0.2, 0.25) is 5.95 Å². The number of aliphatic hydroxyl groups is 2. The van der Waals surface area contributed by atoms with Crippen LogP contribution in [0.5, 0.6) is 0 Å². The van der Waals surface area contributed by atoms with E-state index in [0.29, 0.717) is 0 Å². The Hall–Kier alpha value is -2.71. The van der Waals surface area contributed by atoms with E-state index in [1.165, 1.54) is 12.3 Å². The van der Waals surface area contributed by atoms with Crippen LogP contribution < -0.4 is 11.1 Å². The van der Waals surface area contributed by atoms with E-state index < -0.39 is 18.3 Å². The molecule has 0 aliphatic rings. The minimum absolute atomic E-state index is 0.0152. The maximum Gasteiger partial charge on any atom is 0.407 e. The van der Waals surface area contributed by atoms with Gasteiger partial charge in [-0.15, -0.1) is 0 Å². The van der Waals surface area contributed by atoms with E-state index in [0.717, 1.165) is 5.56 Å². The summed E-state index contributed by atoms with van der Waals surface area (Å²) in [5, 5.41) is 22.4. The molecule has 0 radical (unpaired) electrons. The largest absolute Gasteiger partial charge is 0.445 e. The van der Waals surface area contributed by atoms with Gasteiger partial charge in [0, 0.05) is 12.7 Å². The fourth-order valence-corrected chi connectivity index (χ4v) is 2.00. The number of ether oxygens (including phenoxy) is 1. The van der Waals surface area contributed by atoms with Gasteiger partial charge in [-0.3, -0.25) is 0 Å². The van der Waals surface area contributed by atoms with Crippen molar-refractivity contribution in [3.05, 3.63) is 53.9 Å². The van der Waals surface area contributed by atoms with Crippen molar-refractivity contribution in [2.24, 2.45) is 0 Å². The molecule has 0 saturated carbocycles. The molecule has 2 unspecified atom stereocenters. The first-order valence-electron chi connectivity index (χ1n) is 7.45. The first kappa shape index (κ1) is 17.6. The minimum atomic E-state index is -1.21. The number of aliphatic hydroxyl groups excluding tert-OH is 2. The number of nitrogens with two attached hydrogens (primary N) is 1. The summed E-state index contributed by atoms with van der Waals surface area (Å²) in [4.78, 5) is 19.1. The van der Waals surface area contributed by atoms with Crippen LogP contribution in [-0.4, -0.2) is 38.9 Å². The third-order valence-electron chi connectivity index (χ3n) is 3.29. The number of nitrogens with zero attached hydrogens (tertiary/aromatic N) is 2. The maximum absolute atomic E-state index is 11.6. The Morgan fingerprint density at radius 3 is 2.71 bits per heavy atom. The highest BCUT2D eigenvalue weighted by Gasteiger charge is 2.20. The van der Waals surface area contributed by atoms with Crippen LogP contribution in [0, 0.1) is 0 Å². The van der Waals surface area contributed by atoms with Gasteiger partial charge in [-0.2, -0.15) is 0 Å². The normalized spacial score (nSPS) is 13.1. The van der Waals surface area contributed by atoms with Gasteiger partial charge in [-0.1, -0.05) is 30.3 Å². The van der Waals surface area contributed by atoms with Crippen LogP contribution in [0.25, 0.3) is 0 Å². The summed E-state index contributed by atoms with van der Waals surface area (Å²) in [5.74, 6) is 0.0152. The Kier molecular flexibility index (Phi) is 6.47. The predicted octanol–water partition coefficient (Wildman–Crippen LogP) is 0.770. The zero-order chi connectivity index (χ0) is 17.4. The lowest BCUT2D eigenvalue weighted by atomic mass is 10.1. The molecule has 8 heteroatoms. The number of anilines is 1. The van der Waals surface area contributed by atoms with Crippen LogP contribution in [0.3, 0.4) is 0 Å². The summed E-state index contributed by atoms with van der Waals surface area (Å²) < 4.78 is 5.04. The molecule has 1 amide bonds. The number of nitrogens with one attached hydrogen (secondary N) is 1. The first-order valence-corrected chi connectivity index (χ1v) is 7.45. The molecule has 1 heterocycles. The van der Waals surface area contributed by atoms with E-state index in [2.05, 4.69) is 15.3 Å². The number of amides is 1. The van der Waals surface area contributed by atoms with E-state index in [-0.39, 0.29) is 31.2 Å². The molecule has 0 spiro atoms. The van der Waals surface area contributed by atoms with Gasteiger partial charge in [0.15, 0.2) is 0 Å². The van der Waals surface area contributed by atoms with E-state index in [4.69, 9.17) is 10.5 Å². The SMILES string of the molecule is Nc1nccc(C(O)C(O)CCNC(=O)OCc2ccccc2)n1. The third kappa shape index (κ3) is 5.49. The Labute approximate surface area is 139 Å². The van der Waals surface area contributed by atoms with Gasteiger partial charge in [-0.25, -0.2) is 14.8 Å². The monoisotopic (exact) mass is 332 g/mol. The number of hydrogen-bond acceptors (Lipinski definition) is 7. The average Bonchev–Trinajstić information content (AvgIpc) is 2.60. The standard InChI is InChI=1S/C16H20N4O4/c17-15-18-8-6-12(20-15)14(22)13(21)7-9-19-16(23)24-10-11-4-2-1-3-5-11/h1-6,8,13-14,21-22H,7,9-10H2,(H,19,23)(H2,17,18,20). The highest BCUT2D eigenvalue weighted by atomic mass is 16.5. The lowest BCUT2D eigenvalue weighted by Gasteiger charge is -2.17. The van der Waals surface area contributed by atoms with E-state index in [9.17, 15) is 15.0 Å². The van der Waals surface area contributed by atoms with Gasteiger partial charge in [0.25, 0.3) is 0 Å². The molecule has 5 N–H and O–H groups in total. The molecule has 0 fully saturated rings. The number of nitrogen functional groups attached to an aromatic ring is 1. The molecule has 2 aromatic rings. The Bertz CT molecular complexity index is 654. The van der Waals surface area contributed by atoms with Crippen molar-refractivity contribution in [2.75, 3.05) is 12.3 Å². The number of aromatic nitrogens is 2. The van der Waals surface area contributed by atoms with Crippen LogP contribution in [0.4, 0.5) is 10.7 Å². The summed E-state index contributed by atoms with van der Waals surface area (Å²) in [7, 11) is 0. The number of carbonyl (C=O) groups is 1. The number of alkyl carbamates (subject to hydrolysis) is 1. The van der Waals surface area contributed by atoms with Crippen molar-refractivity contribution >= 4 is 12.0 Å². The van der Waals surface area contributed by atoms with Crippen LogP contribution in [0.1, 0.15) is 23.8 Å². The van der Waals surface area contributed by atoms with Crippen LogP contribution in [0.15, 0.2) is 42.6 Å². The molecule has 24 heavy (non-hydrogen) atoms. The molecule has 8 nitrogen and oxygen atoms in total. The number of benzene rings is 1. The van der Waals surface area contributed by atoms with E-state index in [1.807, 2.05) is 30.3 Å². The summed E-state index contributed by atoms with van der Waals surface area (Å²) in [5.41, 5.74) is 6.53. The Balaban J connectivity index is 1.70. The molecule has 2 atom stereocenters. The summed E-state index contributed by atoms with van der Waals surface area (Å²) in [6.45, 7) is 0.310. The van der Waals surface area contributed by atoms with E-state index in [1.54, 1.807) is 0 Å². The molecule has 0 saturated heterocycles. The van der Waals surface area contributed by atoms with Gasteiger partial charge in [-0.05, 0) is 18.1 Å². The van der Waals surface area contributed by atoms with Crippen molar-refractivity contribution in [1.82, 2.24) is 15.3 Å². The molecule has 1 aromatic heterocycles. The molecular formula is C16H20N4O4. The van der Waals surface area contributed by atoms with Crippen molar-refractivity contribution in [3.8, 4) is 0 Å². The predicted molar refractivity (Wildman–Crippen MR) is 86.7 cm³/mol. The lowest BCUT2D eigenvalue weighted by molar-refractivity contribution is 0.0112. The summed E-state index contributed by atoms with van der Waals surface area (Å²) in [6.07, 6.45) is -1.38. The molecule has 0 bridgehead atoms. The second-order valence-corrected chi connectivity index (χ2v) is 5.13. The molecule has 1 aromatic carbocycles. The summed E-state index contributed by atoms with van der Waals surface area (Å²) in [6, 6.07) is 10.7. The Morgan fingerprint density at radius 1 is 1.25 bits per heavy atom. The Morgan fingerprint density at radius 2 is 2.00 bits per heavy atom. The topological polar surface area (TPSA) is 131 Å². The minimum Gasteiger partial charge on any atom is -0.445 e. The summed E-state index contributed by atoms with van der Waals surface area (Å²) >= 11 is 0. The van der Waals surface area contributed by atoms with Gasteiger partial charge >= 0.3 is 6.09 Å². The van der Waals surface area contributed by atoms with Gasteiger partial charge in [0.05, 0.1) is 11.8 Å². The zero-order valence-electron chi connectivity index (χ0n) is 13.0. The molecule has 128 valence electrons. The highest BCUT2D eigenvalue weighted by Crippen LogP contribution is 2.16. The van der Waals surface area contributed by atoms with Crippen molar-refractivity contribution < 1.29 is 19.7 Å². The number of carbonyl (C=O) groups excluding carboxylic acids is 1. The second-order valence-electron chi connectivity index (χ2n) is 5.13. The highest BCUT2D eigenvalue weighted by molar-refractivity contribution is 5.67. The molecular weight excluding hydrogens is 312 g/mol. The van der Waals surface area contributed by atoms with Gasteiger partial charge in [0.1, 0.15) is 12.7 Å². The quantitative estimate of drug-likeness (QED) is 0.589. The van der Waals surface area contributed by atoms with Crippen molar-refractivity contribution in [2.45, 2.75) is 25.2 Å².